The van der Waals surface area contributed by atoms with E-state index in [4.69, 9.17) is 23.6 Å². The number of rotatable bonds is 7. The van der Waals surface area contributed by atoms with Gasteiger partial charge in [0.25, 0.3) is 0 Å². The summed E-state index contributed by atoms with van der Waals surface area (Å²) in [4.78, 5) is 0.122. The van der Waals surface area contributed by atoms with Crippen molar-refractivity contribution in [1.29, 1.82) is 0 Å². The van der Waals surface area contributed by atoms with Crippen LogP contribution in [0.25, 0.3) is 0 Å². The molecule has 0 amide bonds. The Bertz CT molecular complexity index is 300. The molecule has 0 saturated carbocycles. The van der Waals surface area contributed by atoms with Crippen LogP contribution in [0.1, 0.15) is 27.4 Å². The van der Waals surface area contributed by atoms with E-state index in [1.807, 2.05) is 0 Å². The van der Waals surface area contributed by atoms with Crippen LogP contribution in [0.4, 0.5) is 0 Å². The number of likely N-dealkylation sites (N-methyl/N-ethyl adjacent to an activating group) is 1. The van der Waals surface area contributed by atoms with Gasteiger partial charge in [-0.2, -0.15) is 0 Å². The summed E-state index contributed by atoms with van der Waals surface area (Å²) >= 11 is 0. The molecule has 0 aromatic carbocycles. The van der Waals surface area contributed by atoms with Crippen molar-refractivity contribution in [1.82, 2.24) is 4.90 Å². The van der Waals surface area contributed by atoms with Gasteiger partial charge in [0.1, 0.15) is 0 Å². The van der Waals surface area contributed by atoms with Crippen molar-refractivity contribution in [3.05, 3.63) is 0 Å². The largest absolute Gasteiger partial charge is 0.394 e. The topological polar surface area (TPSA) is 32.7 Å². The molecule has 0 atom stereocenters. The quantitative estimate of drug-likeness (QED) is 0.561. The summed E-state index contributed by atoms with van der Waals surface area (Å²) in [5, 5.41) is 8.54. The molecule has 68 valence electrons. The molecule has 0 saturated heterocycles. The molecular formula is C8H19NO2. The number of aliphatic hydroxyl groups is 1. The van der Waals surface area contributed by atoms with Crippen molar-refractivity contribution < 1.29 is 23.6 Å². The molecular weight excluding hydrogens is 142 g/mol. The lowest BCUT2D eigenvalue weighted by atomic mass is 10.5. The molecule has 0 rings (SSSR count). The van der Waals surface area contributed by atoms with Crippen LogP contribution in [0.5, 0.6) is 0 Å². The van der Waals surface area contributed by atoms with Crippen LogP contribution in [-0.4, -0.2) is 49.4 Å². The van der Waals surface area contributed by atoms with Crippen LogP contribution in [0, 0.1) is 0 Å². The lowest BCUT2D eigenvalue weighted by Gasteiger charge is -2.17. The Morgan fingerprint density at radius 3 is 2.73 bits per heavy atom. The minimum absolute atomic E-state index is 0.110. The van der Waals surface area contributed by atoms with E-state index in [0.717, 1.165) is 0 Å². The standard InChI is InChI=1S/C8H19NO2/c1-3-9(4-2)5-7-11-8-6-10/h10H,3-8H2,1-2H3/i1D3,2D3,3D2,4D2. The van der Waals surface area contributed by atoms with Crippen LogP contribution in [0.3, 0.4) is 0 Å². The van der Waals surface area contributed by atoms with Crippen molar-refractivity contribution >= 4 is 0 Å². The highest BCUT2D eigenvalue weighted by Crippen LogP contribution is 1.86. The summed E-state index contributed by atoms with van der Waals surface area (Å²) in [6.07, 6.45) is 0. The summed E-state index contributed by atoms with van der Waals surface area (Å²) in [5.41, 5.74) is 0. The zero-order valence-electron chi connectivity index (χ0n) is 16.1. The lowest BCUT2D eigenvalue weighted by molar-refractivity contribution is 0.0757. The Balaban J connectivity index is 5.39. The molecule has 0 unspecified atom stereocenters. The third kappa shape index (κ3) is 6.28. The van der Waals surface area contributed by atoms with Gasteiger partial charge in [0, 0.05) is 20.3 Å². The molecule has 0 aliphatic carbocycles. The molecule has 0 heterocycles. The van der Waals surface area contributed by atoms with E-state index in [1.54, 1.807) is 0 Å². The summed E-state index contributed by atoms with van der Waals surface area (Å²) in [6.45, 7) is -14.3. The van der Waals surface area contributed by atoms with Crippen molar-refractivity contribution in [2.75, 3.05) is 39.4 Å². The first-order chi connectivity index (χ1) is 9.19. The zero-order chi connectivity index (χ0) is 17.1. The normalized spacial score (nSPS) is 29.3. The maximum Gasteiger partial charge on any atom is 0.0698 e. The molecule has 0 aromatic heterocycles. The van der Waals surface area contributed by atoms with Gasteiger partial charge in [0.15, 0.2) is 0 Å². The molecule has 11 heavy (non-hydrogen) atoms. The maximum atomic E-state index is 8.54. The number of ether oxygens (including phenoxy) is 1. The highest BCUT2D eigenvalue weighted by Gasteiger charge is 1.96. The molecule has 3 nitrogen and oxygen atoms in total. The molecule has 1 N–H and O–H groups in total. The van der Waals surface area contributed by atoms with E-state index in [0.29, 0.717) is 0 Å². The van der Waals surface area contributed by atoms with E-state index < -0.39 is 33.2 Å². The Morgan fingerprint density at radius 2 is 2.18 bits per heavy atom. The van der Waals surface area contributed by atoms with Crippen LogP contribution in [-0.2, 0) is 4.74 Å². The van der Waals surface area contributed by atoms with E-state index in [-0.39, 0.29) is 24.7 Å². The van der Waals surface area contributed by atoms with Gasteiger partial charge in [0.2, 0.25) is 0 Å². The number of hydrogen-bond donors (Lipinski definition) is 1. The van der Waals surface area contributed by atoms with Gasteiger partial charge in [0.05, 0.1) is 19.8 Å². The first kappa shape index (κ1) is 2.69. The molecule has 0 radical (unpaired) electrons. The third-order valence-electron chi connectivity index (χ3n) is 0.965. The maximum absolute atomic E-state index is 8.54. The summed E-state index contributed by atoms with van der Waals surface area (Å²) in [5.74, 6) is 0. The Morgan fingerprint density at radius 1 is 1.45 bits per heavy atom. The van der Waals surface area contributed by atoms with E-state index in [9.17, 15) is 0 Å². The number of hydrogen-bond acceptors (Lipinski definition) is 3. The Kier molecular flexibility index (Phi) is 1.95. The van der Waals surface area contributed by atoms with Gasteiger partial charge >= 0.3 is 0 Å². The second kappa shape index (κ2) is 7.98. The van der Waals surface area contributed by atoms with E-state index in [1.165, 1.54) is 0 Å². The molecule has 0 aliphatic rings. The van der Waals surface area contributed by atoms with Crippen molar-refractivity contribution in [2.24, 2.45) is 0 Å². The molecule has 0 spiro atoms. The average Bonchev–Trinajstić information content (AvgIpc) is 2.25. The third-order valence-corrected chi connectivity index (χ3v) is 0.965. The lowest BCUT2D eigenvalue weighted by Crippen LogP contribution is -2.27. The molecule has 0 aromatic rings. The Labute approximate surface area is 83.0 Å². The molecule has 0 aliphatic heterocycles. The van der Waals surface area contributed by atoms with Gasteiger partial charge < -0.3 is 14.7 Å². The van der Waals surface area contributed by atoms with Crippen LogP contribution in [0.15, 0.2) is 0 Å². The van der Waals surface area contributed by atoms with Crippen molar-refractivity contribution in [2.45, 2.75) is 13.7 Å². The predicted octanol–water partition coefficient (Wildman–Crippen LogP) is 0.337. The van der Waals surface area contributed by atoms with Gasteiger partial charge in [-0.05, 0) is 13.0 Å². The molecule has 0 fully saturated rings. The first-order valence-electron chi connectivity index (χ1n) is 8.16. The van der Waals surface area contributed by atoms with E-state index in [2.05, 4.69) is 0 Å². The SMILES string of the molecule is [2H]C([2H])([2H])C([2H])([2H])N(CCOCCO)C([2H])([2H])C([2H])([2H])[2H]. The highest BCUT2D eigenvalue weighted by molar-refractivity contribution is 4.49. The predicted molar refractivity (Wildman–Crippen MR) is 45.7 cm³/mol. The average molecular weight is 171 g/mol. The van der Waals surface area contributed by atoms with Gasteiger partial charge in [-0.15, -0.1) is 0 Å². The zero-order valence-corrected chi connectivity index (χ0v) is 6.13. The van der Waals surface area contributed by atoms with E-state index >= 15 is 0 Å². The fraction of sp³-hybridized carbons (Fsp3) is 1.00. The minimum atomic E-state index is -3.25. The first-order valence-corrected chi connectivity index (χ1v) is 3.16. The van der Waals surface area contributed by atoms with Gasteiger partial charge in [-0.25, -0.2) is 0 Å². The monoisotopic (exact) mass is 171 g/mol. The van der Waals surface area contributed by atoms with Crippen LogP contribution >= 0.6 is 0 Å². The number of aliphatic hydroxyl groups excluding tert-OH is 1. The van der Waals surface area contributed by atoms with Gasteiger partial charge in [-0.3, -0.25) is 0 Å². The number of nitrogens with zero attached hydrogens (tertiary/aromatic N) is 1. The van der Waals surface area contributed by atoms with Crippen molar-refractivity contribution in [3.63, 3.8) is 0 Å². The summed E-state index contributed by atoms with van der Waals surface area (Å²) in [6, 6.07) is 0. The molecule has 0 bridgehead atoms. The summed E-state index contributed by atoms with van der Waals surface area (Å²) < 4.78 is 78.1. The van der Waals surface area contributed by atoms with Crippen molar-refractivity contribution in [3.8, 4) is 0 Å². The summed E-state index contributed by atoms with van der Waals surface area (Å²) in [7, 11) is 0. The fourth-order valence-electron chi connectivity index (χ4n) is 0.462. The smallest absolute Gasteiger partial charge is 0.0698 e. The van der Waals surface area contributed by atoms with Gasteiger partial charge in [-0.1, -0.05) is 13.7 Å². The molecule has 3 heteroatoms. The fourth-order valence-corrected chi connectivity index (χ4v) is 0.462. The Hall–Kier alpha value is -0.120. The van der Waals surface area contributed by atoms with Crippen LogP contribution < -0.4 is 0 Å². The second-order valence-electron chi connectivity index (χ2n) is 1.71. The second-order valence-corrected chi connectivity index (χ2v) is 1.71. The van der Waals surface area contributed by atoms with Crippen LogP contribution in [0.2, 0.25) is 0 Å². The highest BCUT2D eigenvalue weighted by atomic mass is 16.5. The minimum Gasteiger partial charge on any atom is -0.394 e.